The van der Waals surface area contributed by atoms with Gasteiger partial charge in [-0.3, -0.25) is 0 Å². The summed E-state index contributed by atoms with van der Waals surface area (Å²) in [6, 6.07) is 0. The first kappa shape index (κ1) is 55.8. The highest BCUT2D eigenvalue weighted by atomic mass is 79.9. The fourth-order valence-electron chi connectivity index (χ4n) is 9.70. The lowest BCUT2D eigenvalue weighted by Gasteiger charge is -2.27. The SMILES string of the molecule is CCCCCCCOC(CCCC(C)CC(C)CC(C)CC(C)CC(C)Br)OC(CCCC(C)CC(C)CC(C)CC(C)CC(C)Br)OCCCCCCC. The van der Waals surface area contributed by atoms with Crippen LogP contribution in [0.15, 0.2) is 0 Å². The molecule has 55 heavy (non-hydrogen) atoms. The summed E-state index contributed by atoms with van der Waals surface area (Å²) in [5.74, 6) is 6.24. The molecule has 0 fully saturated rings. The average molecular weight is 909 g/mol. The molecule has 0 saturated heterocycles. The molecule has 332 valence electrons. The van der Waals surface area contributed by atoms with Gasteiger partial charge in [-0.1, -0.05) is 179 Å². The van der Waals surface area contributed by atoms with Gasteiger partial charge < -0.3 is 14.2 Å². The number of unbranched alkanes of at least 4 members (excludes halogenated alkanes) is 8. The summed E-state index contributed by atoms with van der Waals surface area (Å²) in [4.78, 5) is 1.24. The minimum Gasteiger partial charge on any atom is -0.353 e. The molecule has 0 aliphatic rings. The van der Waals surface area contributed by atoms with Crippen LogP contribution in [0.2, 0.25) is 0 Å². The molecular weight excluding hydrogens is 808 g/mol. The summed E-state index contributed by atoms with van der Waals surface area (Å²) in [6.45, 7) is 30.4. The van der Waals surface area contributed by atoms with Gasteiger partial charge in [0.2, 0.25) is 0 Å². The molecule has 0 rings (SSSR count). The van der Waals surface area contributed by atoms with Crippen LogP contribution in [-0.4, -0.2) is 35.4 Å². The molecule has 0 aliphatic heterocycles. The Labute approximate surface area is 364 Å². The van der Waals surface area contributed by atoms with E-state index in [4.69, 9.17) is 14.2 Å². The quantitative estimate of drug-likeness (QED) is 0.0348. The van der Waals surface area contributed by atoms with Crippen LogP contribution in [0.4, 0.5) is 0 Å². The van der Waals surface area contributed by atoms with Crippen molar-refractivity contribution in [2.45, 2.75) is 259 Å². The Hall–Kier alpha value is 0.840. The van der Waals surface area contributed by atoms with E-state index in [9.17, 15) is 0 Å². The fourth-order valence-corrected chi connectivity index (χ4v) is 11.0. The normalized spacial score (nSPS) is 18.9. The number of halogens is 2. The predicted molar refractivity (Wildman–Crippen MR) is 253 cm³/mol. The van der Waals surface area contributed by atoms with Crippen molar-refractivity contribution >= 4 is 31.9 Å². The van der Waals surface area contributed by atoms with Crippen LogP contribution in [0.3, 0.4) is 0 Å². The van der Waals surface area contributed by atoms with E-state index in [2.05, 4.69) is 115 Å². The molecular formula is C50H100Br2O3. The zero-order valence-electron chi connectivity index (χ0n) is 39.3. The largest absolute Gasteiger partial charge is 0.353 e. The van der Waals surface area contributed by atoms with Crippen molar-refractivity contribution < 1.29 is 14.2 Å². The van der Waals surface area contributed by atoms with E-state index in [1.54, 1.807) is 0 Å². The molecule has 0 aromatic rings. The summed E-state index contributed by atoms with van der Waals surface area (Å²) < 4.78 is 19.9. The fraction of sp³-hybridized carbons (Fsp3) is 1.00. The highest BCUT2D eigenvalue weighted by molar-refractivity contribution is 9.09. The Morgan fingerprint density at radius 2 is 0.618 bits per heavy atom. The maximum atomic E-state index is 6.81. The molecule has 12 atom stereocenters. The topological polar surface area (TPSA) is 27.7 Å². The van der Waals surface area contributed by atoms with Crippen LogP contribution in [-0.2, 0) is 14.2 Å². The number of hydrogen-bond donors (Lipinski definition) is 0. The first-order valence-corrected chi connectivity index (χ1v) is 26.1. The number of hydrogen-bond acceptors (Lipinski definition) is 3. The molecule has 5 heteroatoms. The van der Waals surface area contributed by atoms with Crippen LogP contribution < -0.4 is 0 Å². The van der Waals surface area contributed by atoms with Crippen molar-refractivity contribution in [1.29, 1.82) is 0 Å². The van der Waals surface area contributed by atoms with Crippen molar-refractivity contribution in [1.82, 2.24) is 0 Å². The van der Waals surface area contributed by atoms with Crippen LogP contribution >= 0.6 is 31.9 Å². The molecule has 0 N–H and O–H groups in total. The first-order valence-electron chi connectivity index (χ1n) is 24.3. The number of alkyl halides is 2. The van der Waals surface area contributed by atoms with Crippen molar-refractivity contribution in [3.8, 4) is 0 Å². The Bertz CT molecular complexity index is 744. The smallest absolute Gasteiger partial charge is 0.160 e. The zero-order valence-corrected chi connectivity index (χ0v) is 42.5. The van der Waals surface area contributed by atoms with E-state index in [1.165, 1.54) is 116 Å². The van der Waals surface area contributed by atoms with E-state index < -0.39 is 0 Å². The Morgan fingerprint density at radius 1 is 0.327 bits per heavy atom. The first-order chi connectivity index (χ1) is 26.1. The average Bonchev–Trinajstić information content (AvgIpc) is 3.06. The lowest BCUT2D eigenvalue weighted by atomic mass is 9.83. The standard InChI is InChI=1S/C50H100Br2O3/c1-13-15-17-19-21-29-53-49(27-23-25-39(3)31-41(5)33-43(7)35-45(9)37-47(11)51)55-50(54-30-22-20-18-16-14-2)28-24-26-40(4)32-42(6)34-44(8)36-46(10)38-48(12)52/h39-50H,13-38H2,1-12H3. The summed E-state index contributed by atoms with van der Waals surface area (Å²) in [5, 5.41) is 0. The summed E-state index contributed by atoms with van der Waals surface area (Å²) in [7, 11) is 0. The van der Waals surface area contributed by atoms with Gasteiger partial charge in [0.25, 0.3) is 0 Å². The van der Waals surface area contributed by atoms with Gasteiger partial charge in [0.15, 0.2) is 12.6 Å². The van der Waals surface area contributed by atoms with Crippen LogP contribution in [0.5, 0.6) is 0 Å². The Kier molecular flexibility index (Phi) is 37.2. The molecule has 0 spiro atoms. The molecule has 3 nitrogen and oxygen atoms in total. The molecule has 0 aromatic carbocycles. The molecule has 0 bridgehead atoms. The lowest BCUT2D eigenvalue weighted by Crippen LogP contribution is -2.28. The van der Waals surface area contributed by atoms with Crippen molar-refractivity contribution in [3.05, 3.63) is 0 Å². The summed E-state index contributed by atoms with van der Waals surface area (Å²) in [5.41, 5.74) is 0. The van der Waals surface area contributed by atoms with Gasteiger partial charge in [0, 0.05) is 22.9 Å². The maximum absolute atomic E-state index is 6.81. The number of ether oxygens (including phenoxy) is 3. The third-order valence-corrected chi connectivity index (χ3v) is 12.7. The van der Waals surface area contributed by atoms with Crippen LogP contribution in [0.1, 0.15) is 237 Å². The van der Waals surface area contributed by atoms with Gasteiger partial charge in [-0.25, -0.2) is 0 Å². The van der Waals surface area contributed by atoms with E-state index in [0.29, 0.717) is 9.65 Å². The second-order valence-electron chi connectivity index (χ2n) is 19.7. The van der Waals surface area contributed by atoms with Gasteiger partial charge in [0.1, 0.15) is 0 Å². The zero-order chi connectivity index (χ0) is 41.4. The van der Waals surface area contributed by atoms with Crippen LogP contribution in [0.25, 0.3) is 0 Å². The molecule has 0 aliphatic carbocycles. The second kappa shape index (κ2) is 36.7. The predicted octanol–water partition coefficient (Wildman–Crippen LogP) is 17.7. The Balaban J connectivity index is 5.20. The van der Waals surface area contributed by atoms with Gasteiger partial charge in [0.05, 0.1) is 0 Å². The molecule has 0 saturated carbocycles. The van der Waals surface area contributed by atoms with Gasteiger partial charge in [-0.05, 0) is 137 Å². The molecule has 0 aromatic heterocycles. The van der Waals surface area contributed by atoms with Crippen LogP contribution in [0, 0.1) is 47.3 Å². The summed E-state index contributed by atoms with van der Waals surface area (Å²) in [6.07, 6.45) is 29.6. The highest BCUT2D eigenvalue weighted by Crippen LogP contribution is 2.30. The van der Waals surface area contributed by atoms with Gasteiger partial charge in [-0.2, -0.15) is 0 Å². The monoisotopic (exact) mass is 907 g/mol. The van der Waals surface area contributed by atoms with Crippen molar-refractivity contribution in [2.24, 2.45) is 47.3 Å². The summed E-state index contributed by atoms with van der Waals surface area (Å²) >= 11 is 7.51. The molecule has 0 radical (unpaired) electrons. The Morgan fingerprint density at radius 3 is 0.927 bits per heavy atom. The van der Waals surface area contributed by atoms with E-state index in [-0.39, 0.29) is 12.6 Å². The molecule has 12 unspecified atom stereocenters. The van der Waals surface area contributed by atoms with Crippen molar-refractivity contribution in [2.75, 3.05) is 13.2 Å². The third-order valence-electron chi connectivity index (χ3n) is 12.0. The van der Waals surface area contributed by atoms with Crippen molar-refractivity contribution in [3.63, 3.8) is 0 Å². The van der Waals surface area contributed by atoms with E-state index in [1.807, 2.05) is 0 Å². The molecule has 0 heterocycles. The third kappa shape index (κ3) is 36.4. The lowest BCUT2D eigenvalue weighted by molar-refractivity contribution is -0.250. The van der Waals surface area contributed by atoms with E-state index in [0.717, 1.165) is 99.1 Å². The number of rotatable bonds is 40. The molecule has 0 amide bonds. The van der Waals surface area contributed by atoms with E-state index >= 15 is 0 Å². The minimum atomic E-state index is -0.159. The minimum absolute atomic E-state index is 0.159. The van der Waals surface area contributed by atoms with Gasteiger partial charge >= 0.3 is 0 Å². The maximum Gasteiger partial charge on any atom is 0.160 e. The highest BCUT2D eigenvalue weighted by Gasteiger charge is 2.21. The van der Waals surface area contributed by atoms with Gasteiger partial charge in [-0.15, -0.1) is 0 Å². The second-order valence-corrected chi connectivity index (χ2v) is 22.8.